The molecule has 1 aliphatic rings. The van der Waals surface area contributed by atoms with Crippen molar-refractivity contribution in [1.82, 2.24) is 0 Å². The molecule has 0 N–H and O–H groups in total. The normalized spacial score (nSPS) is 16.7. The summed E-state index contributed by atoms with van der Waals surface area (Å²) in [6.45, 7) is 10.3. The van der Waals surface area contributed by atoms with E-state index in [0.717, 1.165) is 43.0 Å². The monoisotopic (exact) mass is 530 g/mol. The van der Waals surface area contributed by atoms with E-state index in [1.54, 1.807) is 6.92 Å². The summed E-state index contributed by atoms with van der Waals surface area (Å²) < 4.78 is 6.05. The highest BCUT2D eigenvalue weighted by atomic mass is 16.5. The van der Waals surface area contributed by atoms with Crippen molar-refractivity contribution >= 4 is 17.8 Å². The Hall–Kier alpha value is -2.88. The second-order valence-electron chi connectivity index (χ2n) is 11.6. The van der Waals surface area contributed by atoms with Crippen LogP contribution in [0.4, 0.5) is 5.69 Å². The first-order chi connectivity index (χ1) is 18.9. The molecule has 2 aromatic carbocycles. The molecule has 0 radical (unpaired) electrons. The zero-order chi connectivity index (χ0) is 27.9. The molecule has 0 spiro atoms. The van der Waals surface area contributed by atoms with Crippen LogP contribution in [0, 0.1) is 5.41 Å². The summed E-state index contributed by atoms with van der Waals surface area (Å²) in [4.78, 5) is 18.9. The van der Waals surface area contributed by atoms with Gasteiger partial charge in [-0.3, -0.25) is 9.79 Å². The van der Waals surface area contributed by atoms with Crippen LogP contribution in [0.2, 0.25) is 0 Å². The Morgan fingerprint density at radius 2 is 1.59 bits per heavy atom. The Kier molecular flexibility index (Phi) is 12.8. The first-order valence-electron chi connectivity index (χ1n) is 15.2. The highest BCUT2D eigenvalue weighted by Gasteiger charge is 2.24. The lowest BCUT2D eigenvalue weighted by molar-refractivity contribution is -0.116. The molecule has 0 bridgehead atoms. The average Bonchev–Trinajstić information content (AvgIpc) is 2.91. The van der Waals surface area contributed by atoms with Crippen LogP contribution < -0.4 is 9.64 Å². The van der Waals surface area contributed by atoms with Crippen LogP contribution in [0.3, 0.4) is 0 Å². The second kappa shape index (κ2) is 16.3. The summed E-state index contributed by atoms with van der Waals surface area (Å²) in [5.41, 5.74) is 4.50. The fourth-order valence-electron chi connectivity index (χ4n) is 5.48. The van der Waals surface area contributed by atoms with Crippen LogP contribution >= 0.6 is 0 Å². The number of hydrogen-bond acceptors (Lipinski definition) is 3. The van der Waals surface area contributed by atoms with Gasteiger partial charge in [0.25, 0.3) is 0 Å². The van der Waals surface area contributed by atoms with Crippen LogP contribution in [0.25, 0.3) is 0 Å². The Bertz CT molecular complexity index is 1070. The molecular weight excluding hydrogens is 480 g/mol. The number of allylic oxidation sites excluding steroid dienone is 1. The van der Waals surface area contributed by atoms with Crippen LogP contribution in [-0.4, -0.2) is 25.3 Å². The van der Waals surface area contributed by atoms with Crippen molar-refractivity contribution in [1.29, 1.82) is 0 Å². The van der Waals surface area contributed by atoms with Crippen molar-refractivity contribution in [2.24, 2.45) is 10.4 Å². The summed E-state index contributed by atoms with van der Waals surface area (Å²) >= 11 is 0. The Labute approximate surface area is 237 Å². The van der Waals surface area contributed by atoms with E-state index in [0.29, 0.717) is 6.54 Å². The standard InChI is InChI=1S/C35H50N2O2/c1-5-6-7-8-9-10-11-12-13-14-22-39-34-17-15-16-32(23-34)27-37(30(3)38)33-20-18-31(19-21-33)25-35(4)24-29(2)26-36-28-35/h15-21,23-24,26H,5-14,22,25,27-28H2,1-4H3. The fraction of sp³-hybridized carbons (Fsp3) is 0.543. The van der Waals surface area contributed by atoms with Gasteiger partial charge >= 0.3 is 0 Å². The number of aliphatic imine (C=N–C) groups is 1. The number of ether oxygens (including phenoxy) is 1. The molecule has 1 heterocycles. The fourth-order valence-corrected chi connectivity index (χ4v) is 5.48. The highest BCUT2D eigenvalue weighted by Crippen LogP contribution is 2.30. The Morgan fingerprint density at radius 3 is 2.23 bits per heavy atom. The van der Waals surface area contributed by atoms with Gasteiger partial charge in [-0.25, -0.2) is 0 Å². The van der Waals surface area contributed by atoms with E-state index < -0.39 is 0 Å². The number of dihydropyridines is 1. The first kappa shape index (κ1) is 30.7. The third-order valence-electron chi connectivity index (χ3n) is 7.57. The van der Waals surface area contributed by atoms with Gasteiger partial charge in [0.2, 0.25) is 5.91 Å². The van der Waals surface area contributed by atoms with Gasteiger partial charge in [0.1, 0.15) is 5.75 Å². The molecule has 2 aromatic rings. The molecule has 39 heavy (non-hydrogen) atoms. The predicted octanol–water partition coefficient (Wildman–Crippen LogP) is 9.12. The molecule has 0 aliphatic carbocycles. The summed E-state index contributed by atoms with van der Waals surface area (Å²) in [5.74, 6) is 0.917. The van der Waals surface area contributed by atoms with Gasteiger partial charge in [0.15, 0.2) is 0 Å². The minimum atomic E-state index is 0.0339. The molecule has 4 nitrogen and oxygen atoms in total. The van der Waals surface area contributed by atoms with Crippen molar-refractivity contribution < 1.29 is 9.53 Å². The molecule has 4 heteroatoms. The SMILES string of the molecule is CCCCCCCCCCCCOc1cccc(CN(C(C)=O)c2ccc(CC3(C)C=C(C)C=NC3)cc2)c1. The Balaban J connectivity index is 1.45. The number of nitrogens with zero attached hydrogens (tertiary/aromatic N) is 2. The first-order valence-corrected chi connectivity index (χ1v) is 15.2. The number of anilines is 1. The quantitative estimate of drug-likeness (QED) is 0.191. The molecule has 1 atom stereocenters. The van der Waals surface area contributed by atoms with E-state index in [1.807, 2.05) is 23.2 Å². The number of amides is 1. The van der Waals surface area contributed by atoms with Gasteiger partial charge in [-0.1, -0.05) is 102 Å². The summed E-state index contributed by atoms with van der Waals surface area (Å²) in [5, 5.41) is 0. The summed E-state index contributed by atoms with van der Waals surface area (Å²) in [6.07, 6.45) is 18.4. The minimum Gasteiger partial charge on any atom is -0.494 e. The summed E-state index contributed by atoms with van der Waals surface area (Å²) in [7, 11) is 0. The van der Waals surface area contributed by atoms with Gasteiger partial charge in [-0.2, -0.15) is 0 Å². The smallest absolute Gasteiger partial charge is 0.224 e. The van der Waals surface area contributed by atoms with Crippen molar-refractivity contribution in [3.8, 4) is 5.75 Å². The number of carbonyl (C=O) groups is 1. The minimum absolute atomic E-state index is 0.0339. The third-order valence-corrected chi connectivity index (χ3v) is 7.57. The van der Waals surface area contributed by atoms with E-state index in [9.17, 15) is 4.79 Å². The lowest BCUT2D eigenvalue weighted by Crippen LogP contribution is -2.28. The van der Waals surface area contributed by atoms with Gasteiger partial charge < -0.3 is 9.64 Å². The van der Waals surface area contributed by atoms with E-state index >= 15 is 0 Å². The lowest BCUT2D eigenvalue weighted by Gasteiger charge is -2.28. The van der Waals surface area contributed by atoms with E-state index in [4.69, 9.17) is 4.74 Å². The number of carbonyl (C=O) groups excluding carboxylic acids is 1. The maximum atomic E-state index is 12.6. The molecule has 0 saturated carbocycles. The maximum Gasteiger partial charge on any atom is 0.224 e. The zero-order valence-electron chi connectivity index (χ0n) is 24.9. The molecule has 1 aliphatic heterocycles. The van der Waals surface area contributed by atoms with Crippen molar-refractivity contribution in [3.05, 3.63) is 71.3 Å². The summed E-state index contributed by atoms with van der Waals surface area (Å²) in [6, 6.07) is 16.6. The van der Waals surface area contributed by atoms with Crippen LogP contribution in [0.1, 0.15) is 103 Å². The second-order valence-corrected chi connectivity index (χ2v) is 11.6. The topological polar surface area (TPSA) is 41.9 Å². The number of benzene rings is 2. The highest BCUT2D eigenvalue weighted by molar-refractivity contribution is 5.91. The molecular formula is C35H50N2O2. The average molecular weight is 531 g/mol. The Morgan fingerprint density at radius 1 is 0.923 bits per heavy atom. The third kappa shape index (κ3) is 11.0. The number of rotatable bonds is 17. The van der Waals surface area contributed by atoms with E-state index in [-0.39, 0.29) is 11.3 Å². The van der Waals surface area contributed by atoms with Gasteiger partial charge in [0, 0.05) is 30.8 Å². The van der Waals surface area contributed by atoms with Crippen molar-refractivity contribution in [2.45, 2.75) is 105 Å². The van der Waals surface area contributed by atoms with Gasteiger partial charge in [-0.15, -0.1) is 0 Å². The van der Waals surface area contributed by atoms with Crippen molar-refractivity contribution in [2.75, 3.05) is 18.1 Å². The van der Waals surface area contributed by atoms with E-state index in [2.05, 4.69) is 68.2 Å². The molecule has 3 rings (SSSR count). The van der Waals surface area contributed by atoms with Gasteiger partial charge in [0.05, 0.1) is 13.2 Å². The lowest BCUT2D eigenvalue weighted by atomic mass is 9.81. The maximum absolute atomic E-state index is 12.6. The molecule has 0 saturated heterocycles. The van der Waals surface area contributed by atoms with Crippen LogP contribution in [0.5, 0.6) is 5.75 Å². The molecule has 0 aromatic heterocycles. The molecule has 0 fully saturated rings. The predicted molar refractivity (Wildman–Crippen MR) is 166 cm³/mol. The van der Waals surface area contributed by atoms with E-state index in [1.165, 1.54) is 68.9 Å². The van der Waals surface area contributed by atoms with Crippen LogP contribution in [0.15, 0.2) is 65.2 Å². The molecule has 1 amide bonds. The van der Waals surface area contributed by atoms with Crippen molar-refractivity contribution in [3.63, 3.8) is 0 Å². The number of unbranched alkanes of at least 4 members (excludes halogenated alkanes) is 9. The largest absolute Gasteiger partial charge is 0.494 e. The number of hydrogen-bond donors (Lipinski definition) is 0. The molecule has 212 valence electrons. The van der Waals surface area contributed by atoms with Gasteiger partial charge in [-0.05, 0) is 60.7 Å². The van der Waals surface area contributed by atoms with Crippen LogP contribution in [-0.2, 0) is 17.8 Å². The molecule has 1 unspecified atom stereocenters. The zero-order valence-corrected chi connectivity index (χ0v) is 24.9.